The summed E-state index contributed by atoms with van der Waals surface area (Å²) in [7, 11) is 0. The van der Waals surface area contributed by atoms with Crippen LogP contribution in [0.2, 0.25) is 0 Å². The molecule has 10 radical (unpaired) electrons. The standard InChI is InChI=1S/C7H9N2.C5H5.Fe/c1-6(9-8)7-4-2-3-5-7;1-2-4-5-3-1;/h2-5H,8H2,1H3;1-5H;/b9-6+;;. The molecule has 80 valence electrons. The number of hydrogen-bond donors (Lipinski definition) is 1. The van der Waals surface area contributed by atoms with Crippen LogP contribution in [0, 0.1) is 63.7 Å². The SMILES string of the molecule is C/C(=N\N)[C]1[CH][CH][CH][CH]1.[CH]1[CH][CH][CH][CH]1.[Fe]. The second-order valence-corrected chi connectivity index (χ2v) is 2.85. The number of hydrazone groups is 1. The van der Waals surface area contributed by atoms with Crippen molar-refractivity contribution in [2.75, 3.05) is 0 Å². The number of hydrogen-bond acceptors (Lipinski definition) is 2. The van der Waals surface area contributed by atoms with E-state index in [2.05, 4.69) is 5.10 Å². The Hall–Kier alpha value is -0.0105. The van der Waals surface area contributed by atoms with Gasteiger partial charge in [-0.2, -0.15) is 5.10 Å². The van der Waals surface area contributed by atoms with Crippen LogP contribution < -0.4 is 5.84 Å². The summed E-state index contributed by atoms with van der Waals surface area (Å²) in [4.78, 5) is 0. The number of nitrogens with two attached hydrogens (primary N) is 1. The predicted octanol–water partition coefficient (Wildman–Crippen LogP) is 1.75. The van der Waals surface area contributed by atoms with Crippen LogP contribution in [0.5, 0.6) is 0 Å². The van der Waals surface area contributed by atoms with Gasteiger partial charge in [0.15, 0.2) is 0 Å². The summed E-state index contributed by atoms with van der Waals surface area (Å²) in [6.45, 7) is 1.88. The monoisotopic (exact) mass is 242 g/mol. The first-order valence-corrected chi connectivity index (χ1v) is 4.48. The van der Waals surface area contributed by atoms with Gasteiger partial charge in [-0.15, -0.1) is 0 Å². The quantitative estimate of drug-likeness (QED) is 0.323. The predicted molar refractivity (Wildman–Crippen MR) is 59.2 cm³/mol. The van der Waals surface area contributed by atoms with E-state index in [0.29, 0.717) is 0 Å². The Morgan fingerprint density at radius 3 is 1.67 bits per heavy atom. The molecule has 0 aromatic carbocycles. The molecule has 0 aliphatic heterocycles. The minimum atomic E-state index is 0. The topological polar surface area (TPSA) is 38.4 Å². The average Bonchev–Trinajstić information content (AvgIpc) is 2.91. The van der Waals surface area contributed by atoms with Gasteiger partial charge >= 0.3 is 0 Å². The Bertz CT molecular complexity index is 163. The molecular formula is C12H14FeN2. The third kappa shape index (κ3) is 6.21. The third-order valence-corrected chi connectivity index (χ3v) is 1.83. The van der Waals surface area contributed by atoms with E-state index in [9.17, 15) is 0 Å². The zero-order chi connectivity index (χ0) is 10.2. The summed E-state index contributed by atoms with van der Waals surface area (Å²) in [5.74, 6) is 6.15. The van der Waals surface area contributed by atoms with E-state index in [1.165, 1.54) is 0 Å². The Morgan fingerprint density at radius 2 is 1.33 bits per heavy atom. The van der Waals surface area contributed by atoms with Crippen molar-refractivity contribution in [1.82, 2.24) is 0 Å². The molecule has 2 N–H and O–H groups in total. The van der Waals surface area contributed by atoms with E-state index in [-0.39, 0.29) is 17.1 Å². The van der Waals surface area contributed by atoms with Crippen LogP contribution in [0.15, 0.2) is 5.10 Å². The van der Waals surface area contributed by atoms with E-state index in [1.807, 2.05) is 64.7 Å². The van der Waals surface area contributed by atoms with Crippen LogP contribution in [-0.4, -0.2) is 5.71 Å². The van der Waals surface area contributed by atoms with Gasteiger partial charge in [-0.1, -0.05) is 0 Å². The van der Waals surface area contributed by atoms with Crippen molar-refractivity contribution in [3.63, 3.8) is 0 Å². The van der Waals surface area contributed by atoms with E-state index in [0.717, 1.165) is 11.6 Å². The zero-order valence-electron chi connectivity index (χ0n) is 8.57. The van der Waals surface area contributed by atoms with Gasteiger partial charge in [-0.25, -0.2) is 0 Å². The van der Waals surface area contributed by atoms with Crippen molar-refractivity contribution in [2.45, 2.75) is 6.92 Å². The number of rotatable bonds is 1. The van der Waals surface area contributed by atoms with Crippen LogP contribution in [0.1, 0.15) is 6.92 Å². The van der Waals surface area contributed by atoms with Gasteiger partial charge in [0.2, 0.25) is 0 Å². The minimum Gasteiger partial charge on any atom is -0.323 e. The molecule has 2 aliphatic rings. The largest absolute Gasteiger partial charge is 0.323 e. The average molecular weight is 242 g/mol. The van der Waals surface area contributed by atoms with Gasteiger partial charge in [0.1, 0.15) is 0 Å². The van der Waals surface area contributed by atoms with Crippen LogP contribution >= 0.6 is 0 Å². The van der Waals surface area contributed by atoms with Crippen molar-refractivity contribution in [2.24, 2.45) is 10.9 Å². The Labute approximate surface area is 105 Å². The number of nitrogens with zero attached hydrogens (tertiary/aromatic N) is 1. The van der Waals surface area contributed by atoms with Crippen molar-refractivity contribution >= 4 is 5.71 Å². The summed E-state index contributed by atoms with van der Waals surface area (Å²) in [6, 6.07) is 0. The van der Waals surface area contributed by atoms with Crippen molar-refractivity contribution in [3.8, 4) is 0 Å². The van der Waals surface area contributed by atoms with Crippen molar-refractivity contribution < 1.29 is 17.1 Å². The fourth-order valence-corrected chi connectivity index (χ4v) is 1.01. The van der Waals surface area contributed by atoms with E-state index >= 15 is 0 Å². The van der Waals surface area contributed by atoms with E-state index in [1.54, 1.807) is 0 Å². The molecule has 0 atom stereocenters. The molecule has 2 saturated carbocycles. The summed E-state index contributed by atoms with van der Waals surface area (Å²) in [5, 5.41) is 3.55. The first kappa shape index (κ1) is 15.0. The van der Waals surface area contributed by atoms with Crippen LogP contribution in [0.4, 0.5) is 0 Å². The Balaban J connectivity index is 0.000000280. The zero-order valence-corrected chi connectivity index (χ0v) is 9.68. The summed E-state index contributed by atoms with van der Waals surface area (Å²) >= 11 is 0. The molecular weight excluding hydrogens is 228 g/mol. The molecule has 3 heteroatoms. The molecule has 0 heterocycles. The normalized spacial score (nSPS) is 21.8. The summed E-state index contributed by atoms with van der Waals surface area (Å²) in [6.07, 6.45) is 17.9. The molecule has 0 bridgehead atoms. The first-order chi connectivity index (χ1) is 6.84. The van der Waals surface area contributed by atoms with Crippen LogP contribution in [-0.2, 0) is 17.1 Å². The molecule has 0 aromatic heterocycles. The van der Waals surface area contributed by atoms with Gasteiger partial charge in [0.05, 0.1) is 0 Å². The molecule has 0 unspecified atom stereocenters. The van der Waals surface area contributed by atoms with Gasteiger partial charge in [0, 0.05) is 28.7 Å². The third-order valence-electron chi connectivity index (χ3n) is 1.83. The van der Waals surface area contributed by atoms with Gasteiger partial charge < -0.3 is 5.84 Å². The molecule has 0 saturated heterocycles. The fraction of sp³-hybridized carbons (Fsp3) is 0.0833. The Kier molecular flexibility index (Phi) is 9.23. The second-order valence-electron chi connectivity index (χ2n) is 2.85. The first-order valence-electron chi connectivity index (χ1n) is 4.48. The second kappa shape index (κ2) is 9.23. The maximum atomic E-state index is 5.05. The Morgan fingerprint density at radius 1 is 0.933 bits per heavy atom. The molecule has 0 aromatic rings. The molecule has 0 spiro atoms. The van der Waals surface area contributed by atoms with Crippen LogP contribution in [0.3, 0.4) is 0 Å². The van der Waals surface area contributed by atoms with Crippen molar-refractivity contribution in [1.29, 1.82) is 0 Å². The molecule has 2 fully saturated rings. The molecule has 2 nitrogen and oxygen atoms in total. The smallest absolute Gasteiger partial charge is 0.0422 e. The summed E-state index contributed by atoms with van der Waals surface area (Å²) < 4.78 is 0. The minimum absolute atomic E-state index is 0. The molecule has 2 rings (SSSR count). The molecule has 0 amide bonds. The van der Waals surface area contributed by atoms with Gasteiger partial charge in [0.25, 0.3) is 0 Å². The van der Waals surface area contributed by atoms with E-state index < -0.39 is 0 Å². The molecule has 2 aliphatic carbocycles. The van der Waals surface area contributed by atoms with Gasteiger partial charge in [-0.05, 0) is 64.7 Å². The van der Waals surface area contributed by atoms with Crippen LogP contribution in [0.25, 0.3) is 0 Å². The maximum Gasteiger partial charge on any atom is 0.0422 e. The summed E-state index contributed by atoms with van der Waals surface area (Å²) in [5.41, 5.74) is 0.875. The molecule has 15 heavy (non-hydrogen) atoms. The maximum absolute atomic E-state index is 5.05. The fourth-order valence-electron chi connectivity index (χ4n) is 1.01. The van der Waals surface area contributed by atoms with E-state index in [4.69, 9.17) is 5.84 Å². The van der Waals surface area contributed by atoms with Crippen molar-refractivity contribution in [3.05, 3.63) is 63.7 Å². The van der Waals surface area contributed by atoms with Gasteiger partial charge in [-0.3, -0.25) is 0 Å².